The number of aliphatic carboxylic acids is 2. The van der Waals surface area contributed by atoms with Crippen molar-refractivity contribution in [2.75, 3.05) is 0 Å². The van der Waals surface area contributed by atoms with Gasteiger partial charge in [-0.1, -0.05) is 26.0 Å². The van der Waals surface area contributed by atoms with Crippen LogP contribution in [0.15, 0.2) is 24.3 Å². The second-order valence-corrected chi connectivity index (χ2v) is 9.23. The van der Waals surface area contributed by atoms with Crippen LogP contribution in [0.25, 0.3) is 0 Å². The lowest BCUT2D eigenvalue weighted by molar-refractivity contribution is -0.143. The maximum absolute atomic E-state index is 13.0. The van der Waals surface area contributed by atoms with Gasteiger partial charge in [-0.3, -0.25) is 24.0 Å². The third kappa shape index (κ3) is 11.7. The van der Waals surface area contributed by atoms with Gasteiger partial charge in [0.2, 0.25) is 23.6 Å². The number of aromatic hydroxyl groups is 1. The van der Waals surface area contributed by atoms with Crippen LogP contribution in [0.2, 0.25) is 0 Å². The average molecular weight is 538 g/mol. The van der Waals surface area contributed by atoms with Gasteiger partial charge in [-0.15, -0.1) is 0 Å². The highest BCUT2D eigenvalue weighted by atomic mass is 16.4. The Bertz CT molecular complexity index is 1010. The molecule has 0 aliphatic rings. The number of phenols is 1. The number of carboxylic acids is 2. The monoisotopic (exact) mass is 537 g/mol. The molecule has 1 rings (SSSR count). The van der Waals surface area contributed by atoms with Crippen molar-refractivity contribution >= 4 is 35.6 Å². The molecule has 0 spiro atoms. The molecular weight excluding hydrogens is 502 g/mol. The van der Waals surface area contributed by atoms with Gasteiger partial charge < -0.3 is 42.7 Å². The van der Waals surface area contributed by atoms with Gasteiger partial charge >= 0.3 is 11.9 Å². The van der Waals surface area contributed by atoms with Gasteiger partial charge in [0.25, 0.3) is 0 Å². The summed E-state index contributed by atoms with van der Waals surface area (Å²) in [6.45, 7) is 3.58. The fourth-order valence-corrected chi connectivity index (χ4v) is 3.44. The SMILES string of the molecule is CC(C)CC(NC(=O)C(N)Cc1ccc(O)cc1)C(=O)NC(CC(N)=O)C(=O)NC(CCC(=O)O)C(=O)O. The summed E-state index contributed by atoms with van der Waals surface area (Å²) < 4.78 is 0. The topological polar surface area (TPSA) is 251 Å². The van der Waals surface area contributed by atoms with Gasteiger partial charge in [0.15, 0.2) is 0 Å². The summed E-state index contributed by atoms with van der Waals surface area (Å²) in [5.41, 5.74) is 11.8. The number of hydrogen-bond acceptors (Lipinski definition) is 8. The molecule has 10 N–H and O–H groups in total. The normalized spacial score (nSPS) is 14.0. The van der Waals surface area contributed by atoms with E-state index in [0.717, 1.165) is 0 Å². The van der Waals surface area contributed by atoms with E-state index < -0.39 is 79.0 Å². The number of carbonyl (C=O) groups excluding carboxylic acids is 4. The molecule has 1 aromatic rings. The van der Waals surface area contributed by atoms with Crippen molar-refractivity contribution in [3.05, 3.63) is 29.8 Å². The van der Waals surface area contributed by atoms with E-state index in [4.69, 9.17) is 16.6 Å². The van der Waals surface area contributed by atoms with Crippen LogP contribution in [0.3, 0.4) is 0 Å². The Morgan fingerprint density at radius 3 is 1.87 bits per heavy atom. The Morgan fingerprint density at radius 2 is 1.37 bits per heavy atom. The number of benzene rings is 1. The lowest BCUT2D eigenvalue weighted by atomic mass is 10.0. The summed E-state index contributed by atoms with van der Waals surface area (Å²) in [5, 5.41) is 34.4. The number of nitrogens with two attached hydrogens (primary N) is 2. The smallest absolute Gasteiger partial charge is 0.326 e. The number of amides is 4. The summed E-state index contributed by atoms with van der Waals surface area (Å²) in [6, 6.07) is 0.698. The summed E-state index contributed by atoms with van der Waals surface area (Å²) in [7, 11) is 0. The predicted molar refractivity (Wildman–Crippen MR) is 133 cm³/mol. The Labute approximate surface area is 219 Å². The maximum Gasteiger partial charge on any atom is 0.326 e. The molecule has 4 unspecified atom stereocenters. The largest absolute Gasteiger partial charge is 0.508 e. The maximum atomic E-state index is 13.0. The molecule has 0 heterocycles. The minimum atomic E-state index is -1.59. The first-order chi connectivity index (χ1) is 17.7. The highest BCUT2D eigenvalue weighted by Crippen LogP contribution is 2.12. The Hall–Kier alpha value is -4.20. The van der Waals surface area contributed by atoms with Gasteiger partial charge in [-0.05, 0) is 42.9 Å². The van der Waals surface area contributed by atoms with Crippen LogP contribution in [-0.2, 0) is 35.2 Å². The van der Waals surface area contributed by atoms with Crippen molar-refractivity contribution in [2.24, 2.45) is 17.4 Å². The van der Waals surface area contributed by atoms with Crippen LogP contribution in [0.4, 0.5) is 0 Å². The number of rotatable bonds is 16. The zero-order valence-electron chi connectivity index (χ0n) is 21.2. The van der Waals surface area contributed by atoms with Gasteiger partial charge in [0, 0.05) is 6.42 Å². The first-order valence-electron chi connectivity index (χ1n) is 11.9. The molecule has 0 aromatic heterocycles. The van der Waals surface area contributed by atoms with Crippen LogP contribution in [0.5, 0.6) is 5.75 Å². The van der Waals surface area contributed by atoms with Crippen LogP contribution in [-0.4, -0.2) is 75.1 Å². The first-order valence-corrected chi connectivity index (χ1v) is 11.9. The summed E-state index contributed by atoms with van der Waals surface area (Å²) in [6.07, 6.45) is -1.40. The molecule has 0 saturated heterocycles. The van der Waals surface area contributed by atoms with Gasteiger partial charge in [0.05, 0.1) is 12.5 Å². The van der Waals surface area contributed by atoms with Crippen LogP contribution in [0.1, 0.15) is 45.1 Å². The molecule has 0 radical (unpaired) electrons. The number of primary amides is 1. The summed E-state index contributed by atoms with van der Waals surface area (Å²) in [4.78, 5) is 72.2. The van der Waals surface area contributed by atoms with E-state index >= 15 is 0 Å². The number of carbonyl (C=O) groups is 6. The van der Waals surface area contributed by atoms with Gasteiger partial charge in [0.1, 0.15) is 23.9 Å². The third-order valence-electron chi connectivity index (χ3n) is 5.37. The number of hydrogen-bond donors (Lipinski definition) is 8. The van der Waals surface area contributed by atoms with E-state index in [1.807, 2.05) is 0 Å². The third-order valence-corrected chi connectivity index (χ3v) is 5.37. The van der Waals surface area contributed by atoms with Crippen LogP contribution >= 0.6 is 0 Å². The second-order valence-electron chi connectivity index (χ2n) is 9.23. The van der Waals surface area contributed by atoms with Crippen LogP contribution in [0, 0.1) is 5.92 Å². The van der Waals surface area contributed by atoms with Crippen molar-refractivity contribution < 1.29 is 44.1 Å². The molecule has 4 amide bonds. The zero-order valence-corrected chi connectivity index (χ0v) is 21.2. The van der Waals surface area contributed by atoms with E-state index in [1.54, 1.807) is 26.0 Å². The Morgan fingerprint density at radius 1 is 0.842 bits per heavy atom. The molecule has 0 aliphatic heterocycles. The van der Waals surface area contributed by atoms with E-state index in [-0.39, 0.29) is 24.5 Å². The lowest BCUT2D eigenvalue weighted by Gasteiger charge is -2.25. The van der Waals surface area contributed by atoms with E-state index in [2.05, 4.69) is 16.0 Å². The fourth-order valence-electron chi connectivity index (χ4n) is 3.44. The number of nitrogens with one attached hydrogen (secondary N) is 3. The lowest BCUT2D eigenvalue weighted by Crippen LogP contribution is -2.58. The average Bonchev–Trinajstić information content (AvgIpc) is 2.81. The van der Waals surface area contributed by atoms with Crippen molar-refractivity contribution in [1.82, 2.24) is 16.0 Å². The molecule has 0 fully saturated rings. The van der Waals surface area contributed by atoms with Crippen molar-refractivity contribution in [3.8, 4) is 5.75 Å². The number of phenolic OH excluding ortho intramolecular Hbond substituents is 1. The molecule has 0 saturated carbocycles. The van der Waals surface area contributed by atoms with Gasteiger partial charge in [-0.25, -0.2) is 4.79 Å². The molecule has 38 heavy (non-hydrogen) atoms. The Kier molecular flexibility index (Phi) is 12.7. The summed E-state index contributed by atoms with van der Waals surface area (Å²) in [5.74, 6) is -6.34. The molecule has 1 aromatic carbocycles. The first kappa shape index (κ1) is 31.8. The highest BCUT2D eigenvalue weighted by molar-refractivity contribution is 5.96. The quantitative estimate of drug-likeness (QED) is 0.122. The van der Waals surface area contributed by atoms with E-state index in [1.165, 1.54) is 12.1 Å². The van der Waals surface area contributed by atoms with Crippen molar-refractivity contribution in [1.29, 1.82) is 0 Å². The molecule has 210 valence electrons. The predicted octanol–water partition coefficient (Wildman–Crippen LogP) is -1.41. The second kappa shape index (κ2) is 15.1. The minimum Gasteiger partial charge on any atom is -0.508 e. The summed E-state index contributed by atoms with van der Waals surface area (Å²) >= 11 is 0. The van der Waals surface area contributed by atoms with E-state index in [0.29, 0.717) is 5.56 Å². The molecule has 14 nitrogen and oxygen atoms in total. The highest BCUT2D eigenvalue weighted by Gasteiger charge is 2.31. The van der Waals surface area contributed by atoms with E-state index in [9.17, 15) is 39.0 Å². The number of carboxylic acid groups (broad SMARTS) is 2. The standard InChI is InChI=1S/C24H35N5O9/c1-12(2)9-17(28-21(34)15(25)10-13-3-5-14(30)6-4-13)22(35)29-18(11-19(26)31)23(36)27-16(24(37)38)7-8-20(32)33/h3-6,12,15-18,30H,7-11,25H2,1-2H3,(H2,26,31)(H,27,36)(H,28,34)(H,29,35)(H,32,33)(H,37,38). The fraction of sp³-hybridized carbons (Fsp3) is 0.500. The van der Waals surface area contributed by atoms with Crippen molar-refractivity contribution in [2.45, 2.75) is 70.1 Å². The molecule has 0 aliphatic carbocycles. The van der Waals surface area contributed by atoms with Crippen LogP contribution < -0.4 is 27.4 Å². The molecule has 14 heteroatoms. The molecule has 0 bridgehead atoms. The van der Waals surface area contributed by atoms with Gasteiger partial charge in [-0.2, -0.15) is 0 Å². The molecule has 4 atom stereocenters. The molecular formula is C24H35N5O9. The van der Waals surface area contributed by atoms with Crippen molar-refractivity contribution in [3.63, 3.8) is 0 Å². The minimum absolute atomic E-state index is 0.0477. The Balaban J connectivity index is 2.97. The zero-order chi connectivity index (χ0) is 29.0.